The fourth-order valence-electron chi connectivity index (χ4n) is 3.02. The van der Waals surface area contributed by atoms with E-state index in [0.29, 0.717) is 44.4 Å². The maximum atomic E-state index is 13.6. The van der Waals surface area contributed by atoms with Gasteiger partial charge >= 0.3 is 5.82 Å². The summed E-state index contributed by atoms with van der Waals surface area (Å²) in [6.07, 6.45) is 0. The van der Waals surface area contributed by atoms with E-state index in [1.54, 1.807) is 12.1 Å². The molecule has 0 aliphatic carbocycles. The van der Waals surface area contributed by atoms with Gasteiger partial charge in [-0.3, -0.25) is 5.32 Å². The van der Waals surface area contributed by atoms with Crippen molar-refractivity contribution in [1.29, 1.82) is 0 Å². The molecule has 0 amide bonds. The van der Waals surface area contributed by atoms with Gasteiger partial charge in [-0.2, -0.15) is 4.73 Å². The lowest BCUT2D eigenvalue weighted by Gasteiger charge is -2.16. The Bertz CT molecular complexity index is 1070. The van der Waals surface area contributed by atoms with Crippen LogP contribution in [-0.2, 0) is 6.54 Å². The standard InChI is InChI=1S/C19H19F2N3O5/c1-10-19(24(26)15-8-13(21)12(20)7-14(15)23(10)25)22-9-11-5-16(27-2)18(29-4)17(6-11)28-3/h5-8,22H,9H2,1-4H3. The molecule has 1 heterocycles. The van der Waals surface area contributed by atoms with Crippen LogP contribution in [-0.4, -0.2) is 21.3 Å². The van der Waals surface area contributed by atoms with E-state index in [1.807, 2.05) is 0 Å². The van der Waals surface area contributed by atoms with E-state index in [-0.39, 0.29) is 29.1 Å². The minimum absolute atomic E-state index is 0.00551. The quantitative estimate of drug-likeness (QED) is 0.498. The maximum Gasteiger partial charge on any atom is 0.348 e. The lowest BCUT2D eigenvalue weighted by molar-refractivity contribution is -0.623. The Labute approximate surface area is 165 Å². The fraction of sp³-hybridized carbons (Fsp3) is 0.263. The summed E-state index contributed by atoms with van der Waals surface area (Å²) in [6.45, 7) is 1.52. The number of anilines is 1. The van der Waals surface area contributed by atoms with Gasteiger partial charge in [-0.25, -0.2) is 13.5 Å². The fourth-order valence-corrected chi connectivity index (χ4v) is 3.02. The van der Waals surface area contributed by atoms with Crippen molar-refractivity contribution in [2.24, 2.45) is 0 Å². The smallest absolute Gasteiger partial charge is 0.348 e. The molecule has 0 atom stereocenters. The highest BCUT2D eigenvalue weighted by Crippen LogP contribution is 2.38. The maximum absolute atomic E-state index is 13.6. The second kappa shape index (κ2) is 7.82. The highest BCUT2D eigenvalue weighted by Gasteiger charge is 2.25. The monoisotopic (exact) mass is 407 g/mol. The van der Waals surface area contributed by atoms with E-state index in [0.717, 1.165) is 0 Å². The molecule has 1 aromatic heterocycles. The van der Waals surface area contributed by atoms with Gasteiger partial charge in [-0.15, -0.1) is 0 Å². The van der Waals surface area contributed by atoms with E-state index in [1.165, 1.54) is 28.3 Å². The van der Waals surface area contributed by atoms with Crippen molar-refractivity contribution in [1.82, 2.24) is 0 Å². The summed E-state index contributed by atoms with van der Waals surface area (Å²) in [5.41, 5.74) is 0.110. The molecule has 0 unspecified atom stereocenters. The van der Waals surface area contributed by atoms with Crippen LogP contribution in [0.2, 0.25) is 0 Å². The first kappa shape index (κ1) is 20.2. The zero-order valence-electron chi connectivity index (χ0n) is 16.2. The molecular weight excluding hydrogens is 388 g/mol. The average molecular weight is 407 g/mol. The van der Waals surface area contributed by atoms with Crippen molar-refractivity contribution < 1.29 is 32.5 Å². The Morgan fingerprint density at radius 1 is 0.862 bits per heavy atom. The normalized spacial score (nSPS) is 10.8. The van der Waals surface area contributed by atoms with Crippen LogP contribution in [0.15, 0.2) is 24.3 Å². The van der Waals surface area contributed by atoms with E-state index in [9.17, 15) is 19.2 Å². The van der Waals surface area contributed by atoms with Gasteiger partial charge in [0.2, 0.25) is 11.3 Å². The number of hydrogen-bond donors (Lipinski definition) is 1. The van der Waals surface area contributed by atoms with Crippen molar-refractivity contribution in [2.45, 2.75) is 13.5 Å². The van der Waals surface area contributed by atoms with Crippen molar-refractivity contribution >= 4 is 16.9 Å². The molecule has 2 aromatic carbocycles. The first-order valence-corrected chi connectivity index (χ1v) is 8.49. The largest absolute Gasteiger partial charge is 0.710 e. The molecule has 0 aliphatic heterocycles. The summed E-state index contributed by atoms with van der Waals surface area (Å²) in [5, 5.41) is 28.0. The van der Waals surface area contributed by atoms with Crippen LogP contribution in [0.25, 0.3) is 11.0 Å². The third-order valence-electron chi connectivity index (χ3n) is 4.49. The molecule has 0 saturated carbocycles. The first-order valence-electron chi connectivity index (χ1n) is 8.49. The predicted octanol–water partition coefficient (Wildman–Crippen LogP) is 2.33. The van der Waals surface area contributed by atoms with Gasteiger partial charge in [0, 0.05) is 18.6 Å². The molecule has 0 radical (unpaired) electrons. The summed E-state index contributed by atoms with van der Waals surface area (Å²) >= 11 is 0. The molecule has 3 rings (SSSR count). The highest BCUT2D eigenvalue weighted by molar-refractivity contribution is 5.69. The third-order valence-corrected chi connectivity index (χ3v) is 4.49. The Morgan fingerprint density at radius 3 is 1.86 bits per heavy atom. The van der Waals surface area contributed by atoms with Crippen LogP contribution < -0.4 is 29.0 Å². The number of benzene rings is 2. The van der Waals surface area contributed by atoms with Crippen LogP contribution in [0, 0.1) is 29.0 Å². The van der Waals surface area contributed by atoms with Crippen LogP contribution >= 0.6 is 0 Å². The van der Waals surface area contributed by atoms with Crippen LogP contribution in [0.1, 0.15) is 11.3 Å². The molecule has 0 bridgehead atoms. The van der Waals surface area contributed by atoms with Crippen molar-refractivity contribution in [2.75, 3.05) is 26.6 Å². The number of methoxy groups -OCH3 is 3. The summed E-state index contributed by atoms with van der Waals surface area (Å²) in [6, 6.07) is 4.75. The minimum atomic E-state index is -1.22. The van der Waals surface area contributed by atoms with Gasteiger partial charge in [0.25, 0.3) is 11.2 Å². The summed E-state index contributed by atoms with van der Waals surface area (Å²) < 4.78 is 43.6. The van der Waals surface area contributed by atoms with Crippen LogP contribution in [0.5, 0.6) is 17.2 Å². The zero-order chi connectivity index (χ0) is 21.3. The van der Waals surface area contributed by atoms with E-state index >= 15 is 0 Å². The predicted molar refractivity (Wildman–Crippen MR) is 99.9 cm³/mol. The lowest BCUT2D eigenvalue weighted by atomic mass is 10.1. The molecule has 29 heavy (non-hydrogen) atoms. The van der Waals surface area contributed by atoms with Gasteiger partial charge in [0.05, 0.1) is 27.4 Å². The van der Waals surface area contributed by atoms with Crippen LogP contribution in [0.3, 0.4) is 0 Å². The third kappa shape index (κ3) is 3.48. The van der Waals surface area contributed by atoms with Gasteiger partial charge in [-0.05, 0) is 12.1 Å². The Morgan fingerprint density at radius 2 is 1.38 bits per heavy atom. The van der Waals surface area contributed by atoms with E-state index in [2.05, 4.69) is 5.32 Å². The molecule has 8 nitrogen and oxygen atoms in total. The molecular formula is C19H19F2N3O5. The van der Waals surface area contributed by atoms with E-state index < -0.39 is 11.6 Å². The Hall–Kier alpha value is -3.56. The van der Waals surface area contributed by atoms with E-state index in [4.69, 9.17) is 14.2 Å². The number of nitrogens with zero attached hydrogens (tertiary/aromatic N) is 2. The number of halogens is 2. The molecule has 0 aliphatic rings. The number of fused-ring (bicyclic) bond motifs is 1. The van der Waals surface area contributed by atoms with Crippen molar-refractivity contribution in [3.8, 4) is 17.2 Å². The van der Waals surface area contributed by atoms with Crippen LogP contribution in [0.4, 0.5) is 14.6 Å². The molecule has 0 fully saturated rings. The zero-order valence-corrected chi connectivity index (χ0v) is 16.2. The number of aromatic nitrogens is 2. The minimum Gasteiger partial charge on any atom is -0.710 e. The molecule has 10 heteroatoms. The summed E-state index contributed by atoms with van der Waals surface area (Å²) in [7, 11) is 4.43. The Balaban J connectivity index is 2.02. The summed E-state index contributed by atoms with van der Waals surface area (Å²) in [5.74, 6) is -1.27. The van der Waals surface area contributed by atoms with Gasteiger partial charge in [0.1, 0.15) is 6.54 Å². The first-order chi connectivity index (χ1) is 13.8. The van der Waals surface area contributed by atoms with Gasteiger partial charge in [0.15, 0.2) is 23.1 Å². The van der Waals surface area contributed by atoms with Gasteiger partial charge in [-0.1, -0.05) is 0 Å². The topological polar surface area (TPSA) is 93.6 Å². The average Bonchev–Trinajstić information content (AvgIpc) is 2.72. The lowest BCUT2D eigenvalue weighted by Crippen LogP contribution is -2.43. The SMILES string of the molecule is COc1cc(CNc2c(C)[n+]([O-])c3cc(F)c(F)cc3[n+]2[O-])cc(OC)c1OC. The number of rotatable bonds is 6. The second-order valence-corrected chi connectivity index (χ2v) is 6.16. The molecule has 1 N–H and O–H groups in total. The van der Waals surface area contributed by atoms with Gasteiger partial charge < -0.3 is 24.6 Å². The molecule has 154 valence electrons. The number of hydrogen-bond acceptors (Lipinski definition) is 6. The number of ether oxygens (including phenoxy) is 3. The molecule has 0 spiro atoms. The highest BCUT2D eigenvalue weighted by atomic mass is 19.2. The molecule has 3 aromatic rings. The number of nitrogens with one attached hydrogen (secondary N) is 1. The van der Waals surface area contributed by atoms with Crippen molar-refractivity contribution in [3.05, 3.63) is 57.6 Å². The summed E-state index contributed by atoms with van der Waals surface area (Å²) in [4.78, 5) is 0. The molecule has 0 saturated heterocycles. The second-order valence-electron chi connectivity index (χ2n) is 6.16. The van der Waals surface area contributed by atoms with Crippen molar-refractivity contribution in [3.63, 3.8) is 0 Å². The Kier molecular flexibility index (Phi) is 5.44.